The number of nitrogens with zero attached hydrogens (tertiary/aromatic N) is 1. The highest BCUT2D eigenvalue weighted by atomic mass is 16.6. The predicted molar refractivity (Wildman–Crippen MR) is 109 cm³/mol. The van der Waals surface area contributed by atoms with Gasteiger partial charge in [0.05, 0.1) is 22.1 Å². The molecule has 1 amide bonds. The number of hydrogen-bond acceptors (Lipinski definition) is 4. The van der Waals surface area contributed by atoms with Crippen molar-refractivity contribution in [1.82, 2.24) is 0 Å². The van der Waals surface area contributed by atoms with E-state index in [1.165, 1.54) is 31.4 Å². The van der Waals surface area contributed by atoms with Crippen molar-refractivity contribution >= 4 is 17.3 Å². The Bertz CT molecular complexity index is 921. The van der Waals surface area contributed by atoms with Crippen molar-refractivity contribution in [1.29, 1.82) is 0 Å². The highest BCUT2D eigenvalue weighted by molar-refractivity contribution is 5.96. The summed E-state index contributed by atoms with van der Waals surface area (Å²) < 4.78 is 5.78. The van der Waals surface area contributed by atoms with E-state index in [2.05, 4.69) is 5.32 Å². The number of nitro benzene ring substituents is 1. The second-order valence-electron chi connectivity index (χ2n) is 9.04. The maximum Gasteiger partial charge on any atom is 0.275 e. The third-order valence-electron chi connectivity index (χ3n) is 6.86. The Morgan fingerprint density at radius 2 is 1.59 bits per heavy atom. The van der Waals surface area contributed by atoms with Crippen molar-refractivity contribution in [3.8, 4) is 11.5 Å². The Morgan fingerprint density at radius 3 is 2.17 bits per heavy atom. The summed E-state index contributed by atoms with van der Waals surface area (Å²) in [6, 6.07) is 13.6. The fourth-order valence-corrected chi connectivity index (χ4v) is 6.10. The van der Waals surface area contributed by atoms with Gasteiger partial charge in [0.15, 0.2) is 0 Å². The summed E-state index contributed by atoms with van der Waals surface area (Å²) in [6.07, 6.45) is 6.64. The maximum absolute atomic E-state index is 13.3. The molecule has 4 aliphatic carbocycles. The fourth-order valence-electron chi connectivity index (χ4n) is 6.10. The van der Waals surface area contributed by atoms with Crippen LogP contribution >= 0.6 is 0 Å². The van der Waals surface area contributed by atoms with Crippen LogP contribution in [0.25, 0.3) is 0 Å². The number of anilines is 1. The SMILES string of the molecule is O=C(Nc1cc(Oc2ccccc2)cc([N+](=O)[O-])c1)C12CC3CC(CC(C3)C1)C2. The largest absolute Gasteiger partial charge is 0.457 e. The highest BCUT2D eigenvalue weighted by Gasteiger charge is 2.54. The van der Waals surface area contributed by atoms with E-state index in [1.807, 2.05) is 18.2 Å². The number of para-hydroxylation sites is 1. The second kappa shape index (κ2) is 6.87. The maximum atomic E-state index is 13.3. The van der Waals surface area contributed by atoms with E-state index < -0.39 is 4.92 Å². The minimum atomic E-state index is -0.460. The monoisotopic (exact) mass is 392 g/mol. The van der Waals surface area contributed by atoms with Crippen LogP contribution in [0.3, 0.4) is 0 Å². The average molecular weight is 392 g/mol. The summed E-state index contributed by atoms with van der Waals surface area (Å²) in [5, 5.41) is 14.4. The zero-order valence-corrected chi connectivity index (χ0v) is 16.2. The Kier molecular flexibility index (Phi) is 4.30. The summed E-state index contributed by atoms with van der Waals surface area (Å²) >= 11 is 0. The highest BCUT2D eigenvalue weighted by Crippen LogP contribution is 2.60. The molecule has 4 aliphatic rings. The van der Waals surface area contributed by atoms with Gasteiger partial charge in [0, 0.05) is 12.1 Å². The number of hydrogen-bond donors (Lipinski definition) is 1. The number of non-ortho nitro benzene ring substituents is 1. The molecule has 29 heavy (non-hydrogen) atoms. The molecule has 6 rings (SSSR count). The molecule has 0 aromatic heterocycles. The summed E-state index contributed by atoms with van der Waals surface area (Å²) in [5.41, 5.74) is 0.0185. The molecule has 2 aromatic carbocycles. The van der Waals surface area contributed by atoms with E-state index in [0.29, 0.717) is 34.9 Å². The molecule has 4 saturated carbocycles. The predicted octanol–water partition coefficient (Wildman–Crippen LogP) is 5.54. The van der Waals surface area contributed by atoms with Gasteiger partial charge >= 0.3 is 0 Å². The van der Waals surface area contributed by atoms with Crippen LogP contribution in [-0.4, -0.2) is 10.8 Å². The van der Waals surface area contributed by atoms with E-state index in [4.69, 9.17) is 4.74 Å². The second-order valence-corrected chi connectivity index (χ2v) is 9.04. The van der Waals surface area contributed by atoms with E-state index in [1.54, 1.807) is 18.2 Å². The topological polar surface area (TPSA) is 81.5 Å². The van der Waals surface area contributed by atoms with E-state index in [0.717, 1.165) is 19.3 Å². The zero-order chi connectivity index (χ0) is 20.0. The van der Waals surface area contributed by atoms with Gasteiger partial charge in [0.25, 0.3) is 5.69 Å². The van der Waals surface area contributed by atoms with Gasteiger partial charge in [0.2, 0.25) is 5.91 Å². The van der Waals surface area contributed by atoms with Crippen molar-refractivity contribution in [2.75, 3.05) is 5.32 Å². The molecular weight excluding hydrogens is 368 g/mol. The quantitative estimate of drug-likeness (QED) is 0.535. The lowest BCUT2D eigenvalue weighted by Crippen LogP contribution is -2.51. The Labute approximate surface area is 169 Å². The molecule has 0 radical (unpaired) electrons. The van der Waals surface area contributed by atoms with Crippen molar-refractivity contribution in [3.63, 3.8) is 0 Å². The first-order valence-electron chi connectivity index (χ1n) is 10.3. The van der Waals surface area contributed by atoms with Crippen molar-refractivity contribution in [2.24, 2.45) is 23.2 Å². The van der Waals surface area contributed by atoms with Crippen LogP contribution in [0.2, 0.25) is 0 Å². The van der Waals surface area contributed by atoms with Gasteiger partial charge in [-0.3, -0.25) is 14.9 Å². The first kappa shape index (κ1) is 18.2. The molecule has 4 fully saturated rings. The Balaban J connectivity index is 1.40. The lowest BCUT2D eigenvalue weighted by molar-refractivity contribution is -0.384. The number of rotatable bonds is 5. The van der Waals surface area contributed by atoms with Crippen LogP contribution in [0.5, 0.6) is 11.5 Å². The third kappa shape index (κ3) is 3.48. The molecule has 0 heterocycles. The average Bonchev–Trinajstić information content (AvgIpc) is 2.67. The van der Waals surface area contributed by atoms with Crippen LogP contribution in [0.15, 0.2) is 48.5 Å². The molecule has 0 aliphatic heterocycles. The number of nitro groups is 1. The smallest absolute Gasteiger partial charge is 0.275 e. The minimum Gasteiger partial charge on any atom is -0.457 e. The van der Waals surface area contributed by atoms with E-state index >= 15 is 0 Å². The molecule has 6 nitrogen and oxygen atoms in total. The first-order valence-corrected chi connectivity index (χ1v) is 10.3. The van der Waals surface area contributed by atoms with Crippen LogP contribution in [0.4, 0.5) is 11.4 Å². The van der Waals surface area contributed by atoms with Crippen LogP contribution in [-0.2, 0) is 4.79 Å². The molecule has 4 bridgehead atoms. The molecule has 0 spiro atoms. The Morgan fingerprint density at radius 1 is 0.966 bits per heavy atom. The molecule has 0 atom stereocenters. The van der Waals surface area contributed by atoms with E-state index in [9.17, 15) is 14.9 Å². The summed E-state index contributed by atoms with van der Waals surface area (Å²) in [7, 11) is 0. The number of carbonyl (C=O) groups excluding carboxylic acids is 1. The lowest BCUT2D eigenvalue weighted by atomic mass is 9.49. The molecule has 0 saturated heterocycles. The summed E-state index contributed by atoms with van der Waals surface area (Å²) in [6.45, 7) is 0. The van der Waals surface area contributed by atoms with Crippen LogP contribution in [0.1, 0.15) is 38.5 Å². The van der Waals surface area contributed by atoms with Crippen molar-refractivity contribution < 1.29 is 14.5 Å². The number of carbonyl (C=O) groups is 1. The number of nitrogens with one attached hydrogen (secondary N) is 1. The lowest BCUT2D eigenvalue weighted by Gasteiger charge is -2.55. The van der Waals surface area contributed by atoms with Crippen molar-refractivity contribution in [3.05, 3.63) is 58.6 Å². The van der Waals surface area contributed by atoms with Crippen molar-refractivity contribution in [2.45, 2.75) is 38.5 Å². The van der Waals surface area contributed by atoms with Gasteiger partial charge in [-0.05, 0) is 68.4 Å². The number of ether oxygens (including phenoxy) is 1. The Hall–Kier alpha value is -2.89. The van der Waals surface area contributed by atoms with Gasteiger partial charge in [-0.1, -0.05) is 18.2 Å². The summed E-state index contributed by atoms with van der Waals surface area (Å²) in [4.78, 5) is 24.2. The number of amides is 1. The van der Waals surface area contributed by atoms with E-state index in [-0.39, 0.29) is 17.0 Å². The third-order valence-corrected chi connectivity index (χ3v) is 6.86. The normalized spacial score (nSPS) is 29.4. The van der Waals surface area contributed by atoms with Crippen LogP contribution < -0.4 is 10.1 Å². The molecule has 2 aromatic rings. The molecule has 150 valence electrons. The summed E-state index contributed by atoms with van der Waals surface area (Å²) in [5.74, 6) is 2.93. The molecule has 1 N–H and O–H groups in total. The van der Waals surface area contributed by atoms with Gasteiger partial charge < -0.3 is 10.1 Å². The zero-order valence-electron chi connectivity index (χ0n) is 16.2. The number of benzene rings is 2. The standard InChI is InChI=1S/C23H24N2O4/c26-22(23-12-15-6-16(13-23)8-17(7-15)14-23)24-18-9-19(25(27)28)11-21(10-18)29-20-4-2-1-3-5-20/h1-5,9-11,15-17H,6-8,12-14H2,(H,24,26). The van der Waals surface area contributed by atoms with Gasteiger partial charge in [-0.15, -0.1) is 0 Å². The van der Waals surface area contributed by atoms with Gasteiger partial charge in [0.1, 0.15) is 11.5 Å². The molecular formula is C23H24N2O4. The van der Waals surface area contributed by atoms with Crippen LogP contribution in [0, 0.1) is 33.3 Å². The molecule has 6 heteroatoms. The molecule has 0 unspecified atom stereocenters. The van der Waals surface area contributed by atoms with Gasteiger partial charge in [-0.2, -0.15) is 0 Å². The minimum absolute atomic E-state index is 0.0164. The fraction of sp³-hybridized carbons (Fsp3) is 0.435. The van der Waals surface area contributed by atoms with Gasteiger partial charge in [-0.25, -0.2) is 0 Å². The first-order chi connectivity index (χ1) is 14.0.